The van der Waals surface area contributed by atoms with Gasteiger partial charge < -0.3 is 5.32 Å². The molecule has 0 aliphatic rings. The van der Waals surface area contributed by atoms with Crippen LogP contribution in [0.1, 0.15) is 18.1 Å². The molecule has 0 unspecified atom stereocenters. The average molecular weight is 311 g/mol. The molecule has 114 valence electrons. The second kappa shape index (κ2) is 9.11. The zero-order valence-electron chi connectivity index (χ0n) is 12.8. The summed E-state index contributed by atoms with van der Waals surface area (Å²) in [5.74, 6) is 1.34. The molecule has 0 fully saturated rings. The number of nitrogens with one attached hydrogen (secondary N) is 1. The van der Waals surface area contributed by atoms with Gasteiger partial charge in [-0.05, 0) is 29.7 Å². The predicted molar refractivity (Wildman–Crippen MR) is 97.3 cm³/mol. The normalized spacial score (nSPS) is 10.8. The maximum absolute atomic E-state index is 11.8. The number of amides is 1. The quantitative estimate of drug-likeness (QED) is 0.755. The molecule has 0 spiro atoms. The molecule has 0 saturated heterocycles. The van der Waals surface area contributed by atoms with Crippen LogP contribution in [0.15, 0.2) is 60.7 Å². The predicted octanol–water partition coefficient (Wildman–Crippen LogP) is 4.63. The van der Waals surface area contributed by atoms with Gasteiger partial charge >= 0.3 is 0 Å². The Morgan fingerprint density at radius 2 is 1.82 bits per heavy atom. The maximum Gasteiger partial charge on any atom is 0.234 e. The molecule has 0 aromatic heterocycles. The van der Waals surface area contributed by atoms with Crippen LogP contribution in [-0.2, 0) is 11.2 Å². The van der Waals surface area contributed by atoms with Gasteiger partial charge in [-0.1, -0.05) is 61.5 Å². The lowest BCUT2D eigenvalue weighted by molar-refractivity contribution is -0.113. The van der Waals surface area contributed by atoms with Gasteiger partial charge in [0.15, 0.2) is 0 Å². The second-order valence-electron chi connectivity index (χ2n) is 4.93. The molecule has 0 radical (unpaired) electrons. The summed E-state index contributed by atoms with van der Waals surface area (Å²) in [6.07, 6.45) is 5.18. The van der Waals surface area contributed by atoms with Crippen LogP contribution in [0.2, 0.25) is 0 Å². The van der Waals surface area contributed by atoms with Crippen LogP contribution < -0.4 is 5.32 Å². The van der Waals surface area contributed by atoms with E-state index in [2.05, 4.69) is 36.5 Å². The van der Waals surface area contributed by atoms with Crippen LogP contribution in [0.3, 0.4) is 0 Å². The number of benzene rings is 2. The molecule has 0 aliphatic heterocycles. The first-order valence-electron chi connectivity index (χ1n) is 7.46. The van der Waals surface area contributed by atoms with Gasteiger partial charge in [0.1, 0.15) is 0 Å². The minimum atomic E-state index is 0.0439. The Morgan fingerprint density at radius 3 is 2.50 bits per heavy atom. The highest BCUT2D eigenvalue weighted by atomic mass is 32.2. The molecule has 2 rings (SSSR count). The third-order valence-corrected chi connectivity index (χ3v) is 4.10. The smallest absolute Gasteiger partial charge is 0.234 e. The van der Waals surface area contributed by atoms with Gasteiger partial charge in [0, 0.05) is 11.4 Å². The summed E-state index contributed by atoms with van der Waals surface area (Å²) in [4.78, 5) is 11.8. The Hall–Kier alpha value is -2.00. The lowest BCUT2D eigenvalue weighted by atomic mass is 10.1. The van der Waals surface area contributed by atoms with Crippen molar-refractivity contribution >= 4 is 29.4 Å². The van der Waals surface area contributed by atoms with E-state index in [1.54, 1.807) is 11.8 Å². The Morgan fingerprint density at radius 1 is 1.09 bits per heavy atom. The number of hydrogen-bond acceptors (Lipinski definition) is 2. The Kier molecular flexibility index (Phi) is 6.78. The van der Waals surface area contributed by atoms with Crippen LogP contribution in [0.25, 0.3) is 6.08 Å². The molecule has 0 bridgehead atoms. The van der Waals surface area contributed by atoms with Crippen molar-refractivity contribution in [2.45, 2.75) is 13.3 Å². The fourth-order valence-corrected chi connectivity index (χ4v) is 2.60. The highest BCUT2D eigenvalue weighted by Crippen LogP contribution is 2.11. The van der Waals surface area contributed by atoms with E-state index >= 15 is 0 Å². The first-order chi connectivity index (χ1) is 10.8. The monoisotopic (exact) mass is 311 g/mol. The molecule has 2 aromatic carbocycles. The number of rotatable bonds is 7. The van der Waals surface area contributed by atoms with E-state index in [0.717, 1.165) is 17.9 Å². The lowest BCUT2D eigenvalue weighted by Crippen LogP contribution is -2.14. The number of anilines is 1. The van der Waals surface area contributed by atoms with E-state index in [1.807, 2.05) is 42.5 Å². The van der Waals surface area contributed by atoms with Crippen molar-refractivity contribution < 1.29 is 4.79 Å². The van der Waals surface area contributed by atoms with Gasteiger partial charge in [-0.15, -0.1) is 11.8 Å². The number of carbonyl (C=O) groups excluding carboxylic acids is 1. The molecule has 0 saturated carbocycles. The molecule has 0 heterocycles. The molecule has 1 amide bonds. The minimum absolute atomic E-state index is 0.0439. The molecular formula is C19H21NOS. The first-order valence-corrected chi connectivity index (χ1v) is 8.61. The SMILES string of the molecule is CCc1ccc(NC(=O)CSC/C=C/c2ccccc2)cc1. The average Bonchev–Trinajstić information content (AvgIpc) is 2.56. The summed E-state index contributed by atoms with van der Waals surface area (Å²) < 4.78 is 0. The van der Waals surface area contributed by atoms with Crippen molar-refractivity contribution in [2.75, 3.05) is 16.8 Å². The zero-order valence-corrected chi connectivity index (χ0v) is 13.6. The van der Waals surface area contributed by atoms with Gasteiger partial charge in [-0.2, -0.15) is 0 Å². The van der Waals surface area contributed by atoms with Crippen LogP contribution >= 0.6 is 11.8 Å². The molecule has 1 N–H and O–H groups in total. The molecular weight excluding hydrogens is 290 g/mol. The first kappa shape index (κ1) is 16.4. The highest BCUT2D eigenvalue weighted by Gasteiger charge is 2.01. The summed E-state index contributed by atoms with van der Waals surface area (Å²) in [6.45, 7) is 2.12. The summed E-state index contributed by atoms with van der Waals surface area (Å²) in [7, 11) is 0. The Labute approximate surface area is 136 Å². The van der Waals surface area contributed by atoms with Crippen LogP contribution in [0.5, 0.6) is 0 Å². The van der Waals surface area contributed by atoms with Crippen molar-refractivity contribution in [2.24, 2.45) is 0 Å². The van der Waals surface area contributed by atoms with Gasteiger partial charge in [-0.3, -0.25) is 4.79 Å². The van der Waals surface area contributed by atoms with E-state index in [-0.39, 0.29) is 5.91 Å². The van der Waals surface area contributed by atoms with Crippen LogP contribution in [0.4, 0.5) is 5.69 Å². The summed E-state index contributed by atoms with van der Waals surface area (Å²) >= 11 is 1.61. The van der Waals surface area contributed by atoms with E-state index in [1.165, 1.54) is 11.1 Å². The summed E-state index contributed by atoms with van der Waals surface area (Å²) in [5, 5.41) is 2.92. The van der Waals surface area contributed by atoms with Gasteiger partial charge in [0.05, 0.1) is 5.75 Å². The van der Waals surface area contributed by atoms with Crippen molar-refractivity contribution in [1.82, 2.24) is 0 Å². The molecule has 22 heavy (non-hydrogen) atoms. The van der Waals surface area contributed by atoms with Crippen molar-refractivity contribution in [3.05, 3.63) is 71.8 Å². The highest BCUT2D eigenvalue weighted by molar-refractivity contribution is 8.00. The third kappa shape index (κ3) is 5.78. The third-order valence-electron chi connectivity index (χ3n) is 3.20. The van der Waals surface area contributed by atoms with Gasteiger partial charge in [0.25, 0.3) is 0 Å². The van der Waals surface area contributed by atoms with Gasteiger partial charge in [0.2, 0.25) is 5.91 Å². The molecule has 2 nitrogen and oxygen atoms in total. The summed E-state index contributed by atoms with van der Waals surface area (Å²) in [5.41, 5.74) is 3.32. The fraction of sp³-hybridized carbons (Fsp3) is 0.211. The Bertz CT molecular complexity index is 605. The largest absolute Gasteiger partial charge is 0.325 e. The lowest BCUT2D eigenvalue weighted by Gasteiger charge is -2.05. The fourth-order valence-electron chi connectivity index (χ4n) is 1.99. The van der Waals surface area contributed by atoms with Crippen molar-refractivity contribution in [1.29, 1.82) is 0 Å². The van der Waals surface area contributed by atoms with Crippen molar-refractivity contribution in [3.8, 4) is 0 Å². The summed E-state index contributed by atoms with van der Waals surface area (Å²) in [6, 6.07) is 18.2. The van der Waals surface area contributed by atoms with Gasteiger partial charge in [-0.25, -0.2) is 0 Å². The Balaban J connectivity index is 1.68. The maximum atomic E-state index is 11.8. The number of thioether (sulfide) groups is 1. The minimum Gasteiger partial charge on any atom is -0.325 e. The second-order valence-corrected chi connectivity index (χ2v) is 5.96. The van der Waals surface area contributed by atoms with Crippen LogP contribution in [-0.4, -0.2) is 17.4 Å². The van der Waals surface area contributed by atoms with E-state index in [0.29, 0.717) is 5.75 Å². The zero-order chi connectivity index (χ0) is 15.6. The van der Waals surface area contributed by atoms with E-state index in [4.69, 9.17) is 0 Å². The molecule has 2 aromatic rings. The van der Waals surface area contributed by atoms with Crippen LogP contribution in [0, 0.1) is 0 Å². The number of carbonyl (C=O) groups is 1. The molecule has 3 heteroatoms. The molecule has 0 atom stereocenters. The van der Waals surface area contributed by atoms with E-state index in [9.17, 15) is 4.79 Å². The standard InChI is InChI=1S/C19H21NOS/c1-2-16-10-12-18(13-11-16)20-19(21)15-22-14-6-9-17-7-4-3-5-8-17/h3-13H,2,14-15H2,1H3,(H,20,21)/b9-6+. The number of hydrogen-bond donors (Lipinski definition) is 1. The topological polar surface area (TPSA) is 29.1 Å². The number of aryl methyl sites for hydroxylation is 1. The molecule has 0 aliphatic carbocycles. The van der Waals surface area contributed by atoms with Crippen molar-refractivity contribution in [3.63, 3.8) is 0 Å². The van der Waals surface area contributed by atoms with E-state index < -0.39 is 0 Å².